The summed E-state index contributed by atoms with van der Waals surface area (Å²) in [5.74, 6) is -6.89. The first kappa shape index (κ1) is 44.0. The van der Waals surface area contributed by atoms with E-state index in [0.29, 0.717) is 5.56 Å². The number of nitrogens with one attached hydrogen (secondary N) is 8. The smallest absolute Gasteiger partial charge is 0.325 e. The number of hydrogen-bond donors (Lipinski definition) is 9. The lowest BCUT2D eigenvalue weighted by atomic mass is 10.0. The largest absolute Gasteiger partial charge is 0.480 e. The minimum atomic E-state index is -1.56. The normalized spacial score (nSPS) is 15.1. The van der Waals surface area contributed by atoms with Crippen LogP contribution in [0.1, 0.15) is 72.7 Å². The molecule has 0 aliphatic heterocycles. The van der Waals surface area contributed by atoms with Gasteiger partial charge in [0.25, 0.3) is 5.91 Å². The molecule has 1 aromatic rings. The Labute approximate surface area is 303 Å². The molecule has 8 amide bonds. The van der Waals surface area contributed by atoms with E-state index in [1.54, 1.807) is 24.3 Å². The van der Waals surface area contributed by atoms with Crippen molar-refractivity contribution >= 4 is 69.2 Å². The lowest BCUT2D eigenvalue weighted by molar-refractivity contribution is -0.141. The molecule has 0 saturated carbocycles. The van der Waals surface area contributed by atoms with Gasteiger partial charge < -0.3 is 47.6 Å². The second-order valence-electron chi connectivity index (χ2n) is 12.5. The van der Waals surface area contributed by atoms with Crippen molar-refractivity contribution in [3.63, 3.8) is 0 Å². The highest BCUT2D eigenvalue weighted by Crippen LogP contribution is 2.10. The predicted octanol–water partition coefficient (Wildman–Crippen LogP) is -1.42. The molecule has 0 saturated heterocycles. The second kappa shape index (κ2) is 19.4. The van der Waals surface area contributed by atoms with Crippen molar-refractivity contribution in [1.29, 1.82) is 0 Å². The molecule has 1 rings (SSSR count). The topological polar surface area (TPSA) is 270 Å². The Balaban J connectivity index is 2.61. The quantitative estimate of drug-likeness (QED) is 0.0890. The van der Waals surface area contributed by atoms with Gasteiger partial charge >= 0.3 is 5.97 Å². The van der Waals surface area contributed by atoms with Gasteiger partial charge in [0.2, 0.25) is 41.4 Å². The second-order valence-corrected chi connectivity index (χ2v) is 13.4. The summed E-state index contributed by atoms with van der Waals surface area (Å²) in [6.07, 6.45) is 0. The standard InChI is InChI=1S/C32H47BrN8O10/c1-14(23(42)35-16(3)26(45)39-20(7)30(49)50)34-24(43)15(2)36-27(46)18(5)40-31(51)32(8,9)41-28(47)19(6)37-25(44)17(4)38-29(48)21-10-12-22(33)13-11-21/h10-20H,1-9H3,(H,34,43)(H,35,42)(H,36,46)(H,37,44)(H,38,48)(H,39,45)(H,40,51)(H,41,47)(H,49,50). The Morgan fingerprint density at radius 1 is 0.510 bits per heavy atom. The van der Waals surface area contributed by atoms with Crippen LogP contribution in [-0.4, -0.2) is 106 Å². The highest BCUT2D eigenvalue weighted by atomic mass is 79.9. The maximum atomic E-state index is 13.0. The molecule has 0 heterocycles. The van der Waals surface area contributed by atoms with Crippen molar-refractivity contribution in [2.75, 3.05) is 0 Å². The van der Waals surface area contributed by atoms with E-state index >= 15 is 0 Å². The summed E-state index contributed by atoms with van der Waals surface area (Å²) in [5.41, 5.74) is -1.23. The van der Waals surface area contributed by atoms with E-state index in [2.05, 4.69) is 58.5 Å². The van der Waals surface area contributed by atoms with Gasteiger partial charge in [-0.2, -0.15) is 0 Å². The van der Waals surface area contributed by atoms with Gasteiger partial charge in [-0.3, -0.25) is 43.2 Å². The summed E-state index contributed by atoms with van der Waals surface area (Å²) in [6, 6.07) is -1.38. The number of halogens is 1. The minimum Gasteiger partial charge on any atom is -0.480 e. The Morgan fingerprint density at radius 2 is 0.824 bits per heavy atom. The summed E-state index contributed by atoms with van der Waals surface area (Å²) >= 11 is 3.28. The lowest BCUT2D eigenvalue weighted by Crippen LogP contribution is -2.62. The van der Waals surface area contributed by atoms with Gasteiger partial charge in [0.1, 0.15) is 47.8 Å². The van der Waals surface area contributed by atoms with Crippen LogP contribution in [0.2, 0.25) is 0 Å². The van der Waals surface area contributed by atoms with E-state index in [1.165, 1.54) is 62.3 Å². The molecule has 18 nitrogen and oxygen atoms in total. The molecule has 7 atom stereocenters. The molecule has 0 fully saturated rings. The van der Waals surface area contributed by atoms with E-state index in [1.807, 2.05) is 0 Å². The summed E-state index contributed by atoms with van der Waals surface area (Å²) in [4.78, 5) is 112. The average Bonchev–Trinajstić information content (AvgIpc) is 3.03. The van der Waals surface area contributed by atoms with Gasteiger partial charge in [-0.05, 0) is 86.6 Å². The van der Waals surface area contributed by atoms with Gasteiger partial charge in [-0.25, -0.2) is 0 Å². The van der Waals surface area contributed by atoms with Crippen molar-refractivity contribution < 1.29 is 48.3 Å². The molecule has 51 heavy (non-hydrogen) atoms. The highest BCUT2D eigenvalue weighted by molar-refractivity contribution is 9.10. The average molecular weight is 784 g/mol. The van der Waals surface area contributed by atoms with Crippen LogP contribution in [0, 0.1) is 0 Å². The molecule has 0 aliphatic rings. The van der Waals surface area contributed by atoms with Crippen LogP contribution >= 0.6 is 15.9 Å². The molecule has 0 spiro atoms. The molecule has 0 bridgehead atoms. The molecule has 7 unspecified atom stereocenters. The molecule has 0 radical (unpaired) electrons. The van der Waals surface area contributed by atoms with Crippen molar-refractivity contribution in [2.45, 2.75) is 110 Å². The van der Waals surface area contributed by atoms with Crippen LogP contribution in [-0.2, 0) is 38.4 Å². The Hall–Kier alpha value is -5.07. The number of amides is 8. The van der Waals surface area contributed by atoms with E-state index in [-0.39, 0.29) is 0 Å². The third kappa shape index (κ3) is 14.4. The first-order valence-corrected chi connectivity index (χ1v) is 16.7. The zero-order chi connectivity index (χ0) is 39.4. The Bertz CT molecular complexity index is 1500. The van der Waals surface area contributed by atoms with E-state index in [9.17, 15) is 43.2 Å². The van der Waals surface area contributed by atoms with Crippen LogP contribution in [0.3, 0.4) is 0 Å². The zero-order valence-electron chi connectivity index (χ0n) is 29.9. The van der Waals surface area contributed by atoms with Crippen LogP contribution in [0.15, 0.2) is 28.7 Å². The number of benzene rings is 1. The van der Waals surface area contributed by atoms with Crippen molar-refractivity contribution in [1.82, 2.24) is 42.5 Å². The fraction of sp³-hybridized carbons (Fsp3) is 0.531. The molecular formula is C32H47BrN8O10. The molecule has 0 aliphatic carbocycles. The van der Waals surface area contributed by atoms with E-state index < -0.39 is 101 Å². The summed E-state index contributed by atoms with van der Waals surface area (Å²) < 4.78 is 0.776. The van der Waals surface area contributed by atoms with Gasteiger partial charge in [0.05, 0.1) is 0 Å². The fourth-order valence-corrected chi connectivity index (χ4v) is 4.14. The fourth-order valence-electron chi connectivity index (χ4n) is 3.88. The lowest BCUT2D eigenvalue weighted by Gasteiger charge is -2.29. The summed E-state index contributed by atoms with van der Waals surface area (Å²) in [6.45, 7) is 12.2. The first-order chi connectivity index (χ1) is 23.5. The minimum absolute atomic E-state index is 0.331. The van der Waals surface area contributed by atoms with Crippen LogP contribution < -0.4 is 42.5 Å². The van der Waals surface area contributed by atoms with Gasteiger partial charge in [0, 0.05) is 10.0 Å². The van der Waals surface area contributed by atoms with Crippen molar-refractivity contribution in [3.8, 4) is 0 Å². The summed E-state index contributed by atoms with van der Waals surface area (Å²) in [5, 5.41) is 28.2. The monoisotopic (exact) mass is 782 g/mol. The predicted molar refractivity (Wildman–Crippen MR) is 187 cm³/mol. The molecule has 19 heteroatoms. The molecule has 1 aromatic carbocycles. The van der Waals surface area contributed by atoms with E-state index in [0.717, 1.165) is 4.47 Å². The molecule has 9 N–H and O–H groups in total. The third-order valence-electron chi connectivity index (χ3n) is 7.33. The highest BCUT2D eigenvalue weighted by Gasteiger charge is 2.34. The Kier molecular flexibility index (Phi) is 16.7. The first-order valence-electron chi connectivity index (χ1n) is 15.9. The molecule has 282 valence electrons. The summed E-state index contributed by atoms with van der Waals surface area (Å²) in [7, 11) is 0. The number of carbonyl (C=O) groups excluding carboxylic acids is 8. The third-order valence-corrected chi connectivity index (χ3v) is 7.86. The molecular weight excluding hydrogens is 736 g/mol. The van der Waals surface area contributed by atoms with Crippen molar-refractivity contribution in [3.05, 3.63) is 34.3 Å². The number of aliphatic carboxylic acids is 1. The number of carboxylic acids is 1. The van der Waals surface area contributed by atoms with Crippen LogP contribution in [0.25, 0.3) is 0 Å². The Morgan fingerprint density at radius 3 is 1.20 bits per heavy atom. The molecule has 0 aromatic heterocycles. The number of carboxylic acid groups (broad SMARTS) is 1. The van der Waals surface area contributed by atoms with E-state index in [4.69, 9.17) is 5.11 Å². The van der Waals surface area contributed by atoms with Crippen LogP contribution in [0.5, 0.6) is 0 Å². The van der Waals surface area contributed by atoms with Crippen molar-refractivity contribution in [2.24, 2.45) is 0 Å². The number of rotatable bonds is 17. The van der Waals surface area contributed by atoms with Gasteiger partial charge in [-0.15, -0.1) is 0 Å². The number of hydrogen-bond acceptors (Lipinski definition) is 9. The van der Waals surface area contributed by atoms with Gasteiger partial charge in [-0.1, -0.05) is 15.9 Å². The van der Waals surface area contributed by atoms with Crippen LogP contribution in [0.4, 0.5) is 0 Å². The number of carbonyl (C=O) groups is 9. The van der Waals surface area contributed by atoms with Gasteiger partial charge in [0.15, 0.2) is 0 Å². The maximum Gasteiger partial charge on any atom is 0.325 e. The maximum absolute atomic E-state index is 13.0. The zero-order valence-corrected chi connectivity index (χ0v) is 31.4. The SMILES string of the molecule is CC(NC(=O)C(C)NC(=O)C(C)NC(=O)C(C)NC(=O)C(C)NC(=O)C(C)(C)NC(=O)C(C)NC(=O)C(C)NC(=O)c1ccc(Br)cc1)C(=O)O.